The lowest BCUT2D eigenvalue weighted by Crippen LogP contribution is -2.44. The Morgan fingerprint density at radius 2 is 2.09 bits per heavy atom. The van der Waals surface area contributed by atoms with E-state index in [9.17, 15) is 14.7 Å². The number of ether oxygens (including phenoxy) is 1. The number of amides is 1. The highest BCUT2D eigenvalue weighted by molar-refractivity contribution is 7.21. The lowest BCUT2D eigenvalue weighted by atomic mass is 10.1. The maximum absolute atomic E-state index is 13.0. The van der Waals surface area contributed by atoms with E-state index < -0.39 is 12.0 Å². The van der Waals surface area contributed by atoms with E-state index in [4.69, 9.17) is 4.74 Å². The van der Waals surface area contributed by atoms with Crippen molar-refractivity contribution in [2.75, 3.05) is 7.11 Å². The molecule has 1 aromatic carbocycles. The minimum absolute atomic E-state index is 0.0488. The van der Waals surface area contributed by atoms with Crippen molar-refractivity contribution in [2.45, 2.75) is 38.8 Å². The van der Waals surface area contributed by atoms with Crippen LogP contribution in [0.4, 0.5) is 0 Å². The van der Waals surface area contributed by atoms with E-state index in [0.717, 1.165) is 34.2 Å². The van der Waals surface area contributed by atoms with Gasteiger partial charge in [-0.3, -0.25) is 4.79 Å². The van der Waals surface area contributed by atoms with Gasteiger partial charge in [-0.2, -0.15) is 0 Å². The Labute approximate surface area is 138 Å². The molecule has 0 bridgehead atoms. The molecule has 1 saturated carbocycles. The Bertz CT molecular complexity index is 778. The van der Waals surface area contributed by atoms with Crippen molar-refractivity contribution >= 4 is 33.3 Å². The smallest absolute Gasteiger partial charge is 0.326 e. The topological polar surface area (TPSA) is 66.8 Å². The van der Waals surface area contributed by atoms with E-state index in [0.29, 0.717) is 4.88 Å². The van der Waals surface area contributed by atoms with Crippen molar-refractivity contribution in [2.24, 2.45) is 0 Å². The van der Waals surface area contributed by atoms with Crippen molar-refractivity contribution < 1.29 is 19.4 Å². The number of carboxylic acids is 1. The van der Waals surface area contributed by atoms with Gasteiger partial charge in [-0.15, -0.1) is 11.3 Å². The maximum Gasteiger partial charge on any atom is 0.326 e. The van der Waals surface area contributed by atoms with Crippen LogP contribution in [-0.2, 0) is 4.79 Å². The first-order valence-corrected chi connectivity index (χ1v) is 8.38. The first-order chi connectivity index (χ1) is 10.9. The van der Waals surface area contributed by atoms with E-state index in [1.165, 1.54) is 16.2 Å². The molecule has 1 aromatic heterocycles. The molecule has 122 valence electrons. The minimum atomic E-state index is -0.967. The van der Waals surface area contributed by atoms with Gasteiger partial charge in [-0.25, -0.2) is 4.79 Å². The predicted octanol–water partition coefficient (Wildman–Crippen LogP) is 3.30. The molecule has 6 heteroatoms. The van der Waals surface area contributed by atoms with Gasteiger partial charge in [0.05, 0.1) is 12.0 Å². The molecule has 1 atom stereocenters. The van der Waals surface area contributed by atoms with Gasteiger partial charge >= 0.3 is 5.97 Å². The number of carbonyl (C=O) groups is 2. The van der Waals surface area contributed by atoms with Crippen LogP contribution in [0, 0.1) is 6.92 Å². The molecular weight excluding hydrogens is 314 g/mol. The summed E-state index contributed by atoms with van der Waals surface area (Å²) >= 11 is 1.41. The molecule has 0 saturated heterocycles. The van der Waals surface area contributed by atoms with Crippen LogP contribution in [0.3, 0.4) is 0 Å². The molecule has 23 heavy (non-hydrogen) atoms. The molecule has 5 nitrogen and oxygen atoms in total. The zero-order valence-electron chi connectivity index (χ0n) is 13.3. The number of benzene rings is 1. The fourth-order valence-corrected chi connectivity index (χ4v) is 3.91. The number of fused-ring (bicyclic) bond motifs is 1. The van der Waals surface area contributed by atoms with Crippen LogP contribution < -0.4 is 4.74 Å². The van der Waals surface area contributed by atoms with Crippen LogP contribution in [0.15, 0.2) is 18.2 Å². The van der Waals surface area contributed by atoms with Gasteiger partial charge in [0.25, 0.3) is 5.91 Å². The second-order valence-corrected chi connectivity index (χ2v) is 6.93. The molecule has 2 aromatic rings. The maximum atomic E-state index is 13.0. The van der Waals surface area contributed by atoms with E-state index in [1.54, 1.807) is 14.0 Å². The molecule has 1 fully saturated rings. The number of aryl methyl sites for hydroxylation is 1. The molecule has 0 aliphatic heterocycles. The molecular formula is C17H19NO4S. The Kier molecular flexibility index (Phi) is 4.02. The first-order valence-electron chi connectivity index (χ1n) is 7.56. The molecule has 3 rings (SSSR count). The standard InChI is InChI=1S/C17H19NO4S/c1-9-13-8-12(22-3)6-7-14(13)23-15(9)16(19)18(11-4-5-11)10(2)17(20)21/h6-8,10-11H,4-5H2,1-3H3,(H,20,21). The van der Waals surface area contributed by atoms with Gasteiger partial charge in [0.15, 0.2) is 0 Å². The van der Waals surface area contributed by atoms with Gasteiger partial charge in [0.2, 0.25) is 0 Å². The monoisotopic (exact) mass is 333 g/mol. The normalized spacial score (nSPS) is 15.4. The Balaban J connectivity index is 2.02. The van der Waals surface area contributed by atoms with Crippen LogP contribution in [0.1, 0.15) is 35.0 Å². The van der Waals surface area contributed by atoms with Gasteiger partial charge in [0, 0.05) is 10.7 Å². The van der Waals surface area contributed by atoms with Crippen LogP contribution in [-0.4, -0.2) is 41.1 Å². The molecule has 1 heterocycles. The molecule has 1 N–H and O–H groups in total. The van der Waals surface area contributed by atoms with E-state index in [-0.39, 0.29) is 11.9 Å². The quantitative estimate of drug-likeness (QED) is 0.912. The lowest BCUT2D eigenvalue weighted by Gasteiger charge is -2.26. The highest BCUT2D eigenvalue weighted by atomic mass is 32.1. The van der Waals surface area contributed by atoms with Crippen LogP contribution in [0.25, 0.3) is 10.1 Å². The third-order valence-corrected chi connectivity index (χ3v) is 5.55. The average Bonchev–Trinajstić information content (AvgIpc) is 3.31. The summed E-state index contributed by atoms with van der Waals surface area (Å²) in [5, 5.41) is 10.3. The number of rotatable bonds is 5. The number of carboxylic acid groups (broad SMARTS) is 1. The van der Waals surface area contributed by atoms with Crippen LogP contribution in [0.2, 0.25) is 0 Å². The lowest BCUT2D eigenvalue weighted by molar-refractivity contribution is -0.141. The number of hydrogen-bond acceptors (Lipinski definition) is 4. The highest BCUT2D eigenvalue weighted by Gasteiger charge is 2.39. The van der Waals surface area contributed by atoms with Gasteiger partial charge in [0.1, 0.15) is 11.8 Å². The summed E-state index contributed by atoms with van der Waals surface area (Å²) in [6, 6.07) is 4.96. The number of aliphatic carboxylic acids is 1. The van der Waals surface area contributed by atoms with Crippen molar-refractivity contribution in [3.05, 3.63) is 28.6 Å². The summed E-state index contributed by atoms with van der Waals surface area (Å²) in [7, 11) is 1.61. The van der Waals surface area contributed by atoms with E-state index in [1.807, 2.05) is 25.1 Å². The van der Waals surface area contributed by atoms with Crippen LogP contribution in [0.5, 0.6) is 5.75 Å². The predicted molar refractivity (Wildman–Crippen MR) is 89.4 cm³/mol. The molecule has 0 spiro atoms. The average molecular weight is 333 g/mol. The molecule has 1 aliphatic carbocycles. The highest BCUT2D eigenvalue weighted by Crippen LogP contribution is 2.37. The van der Waals surface area contributed by atoms with E-state index >= 15 is 0 Å². The fraction of sp³-hybridized carbons (Fsp3) is 0.412. The Hall–Kier alpha value is -2.08. The number of nitrogens with zero attached hydrogens (tertiary/aromatic N) is 1. The molecule has 1 amide bonds. The van der Waals surface area contributed by atoms with Crippen LogP contribution >= 0.6 is 11.3 Å². The summed E-state index contributed by atoms with van der Waals surface area (Å²) < 4.78 is 6.25. The molecule has 0 radical (unpaired) electrons. The van der Waals surface area contributed by atoms with E-state index in [2.05, 4.69) is 0 Å². The fourth-order valence-electron chi connectivity index (χ4n) is 2.78. The molecule has 1 unspecified atom stereocenters. The SMILES string of the molecule is COc1ccc2sc(C(=O)N(C3CC3)C(C)C(=O)O)c(C)c2c1. The third kappa shape index (κ3) is 2.79. The largest absolute Gasteiger partial charge is 0.497 e. The summed E-state index contributed by atoms with van der Waals surface area (Å²) in [5.74, 6) is -0.402. The van der Waals surface area contributed by atoms with Gasteiger partial charge in [-0.1, -0.05) is 0 Å². The Morgan fingerprint density at radius 1 is 1.39 bits per heavy atom. The summed E-state index contributed by atoms with van der Waals surface area (Å²) in [5.41, 5.74) is 0.886. The van der Waals surface area contributed by atoms with Crippen molar-refractivity contribution in [1.82, 2.24) is 4.90 Å². The van der Waals surface area contributed by atoms with Crippen molar-refractivity contribution in [3.63, 3.8) is 0 Å². The number of methoxy groups -OCH3 is 1. The number of carbonyl (C=O) groups excluding carboxylic acids is 1. The summed E-state index contributed by atoms with van der Waals surface area (Å²) in [6.45, 7) is 3.48. The second-order valence-electron chi connectivity index (χ2n) is 5.88. The number of thiophene rings is 1. The zero-order valence-corrected chi connectivity index (χ0v) is 14.1. The van der Waals surface area contributed by atoms with Crippen molar-refractivity contribution in [1.29, 1.82) is 0 Å². The zero-order chi connectivity index (χ0) is 16.7. The minimum Gasteiger partial charge on any atom is -0.497 e. The van der Waals surface area contributed by atoms with Gasteiger partial charge in [-0.05, 0) is 55.8 Å². The number of hydrogen-bond donors (Lipinski definition) is 1. The molecule has 1 aliphatic rings. The second kappa shape index (κ2) is 5.85. The summed E-state index contributed by atoms with van der Waals surface area (Å²) in [4.78, 5) is 26.4. The van der Waals surface area contributed by atoms with Crippen molar-refractivity contribution in [3.8, 4) is 5.75 Å². The first kappa shape index (κ1) is 15.8. The van der Waals surface area contributed by atoms with Gasteiger partial charge < -0.3 is 14.7 Å². The summed E-state index contributed by atoms with van der Waals surface area (Å²) in [6.07, 6.45) is 1.75. The third-order valence-electron chi connectivity index (χ3n) is 4.29. The Morgan fingerprint density at radius 3 is 2.65 bits per heavy atom.